The summed E-state index contributed by atoms with van der Waals surface area (Å²) < 4.78 is 0. The highest BCUT2D eigenvalue weighted by Gasteiger charge is 2.33. The largest absolute Gasteiger partial charge is 0.380 e. The predicted molar refractivity (Wildman–Crippen MR) is 113 cm³/mol. The summed E-state index contributed by atoms with van der Waals surface area (Å²) in [5, 5.41) is 15.8. The standard InChI is InChI=1S/C23H20OS2/c1-2-23(24,20-14-16-26-22(20)21-9-6-15-25-21)19-12-10-18(11-13-19)17-7-4-3-5-8-17/h3-16,24H,2H2,1H3. The summed E-state index contributed by atoms with van der Waals surface area (Å²) >= 11 is 3.41. The van der Waals surface area contributed by atoms with Gasteiger partial charge in [0, 0.05) is 10.4 Å². The van der Waals surface area contributed by atoms with E-state index in [2.05, 4.69) is 65.4 Å². The average Bonchev–Trinajstić information content (AvgIpc) is 3.40. The fourth-order valence-electron chi connectivity index (χ4n) is 3.35. The van der Waals surface area contributed by atoms with Crippen LogP contribution in [0.1, 0.15) is 24.5 Å². The third kappa shape index (κ3) is 3.03. The van der Waals surface area contributed by atoms with Crippen molar-refractivity contribution >= 4 is 22.7 Å². The molecule has 0 aliphatic heterocycles. The van der Waals surface area contributed by atoms with Crippen molar-refractivity contribution in [1.29, 1.82) is 0 Å². The van der Waals surface area contributed by atoms with Gasteiger partial charge in [-0.05, 0) is 46.0 Å². The molecule has 3 heteroatoms. The van der Waals surface area contributed by atoms with E-state index in [1.807, 2.05) is 25.1 Å². The SMILES string of the molecule is CCC(O)(c1ccc(-c2ccccc2)cc1)c1ccsc1-c1cccs1. The van der Waals surface area contributed by atoms with E-state index in [4.69, 9.17) is 0 Å². The maximum atomic E-state index is 11.6. The Kier molecular flexibility index (Phi) is 4.77. The van der Waals surface area contributed by atoms with E-state index >= 15 is 0 Å². The number of rotatable bonds is 5. The van der Waals surface area contributed by atoms with Gasteiger partial charge in [0.05, 0.1) is 4.88 Å². The first-order valence-electron chi connectivity index (χ1n) is 8.72. The van der Waals surface area contributed by atoms with E-state index in [0.717, 1.165) is 21.6 Å². The Bertz CT molecular complexity index is 969. The van der Waals surface area contributed by atoms with Gasteiger partial charge in [0.2, 0.25) is 0 Å². The summed E-state index contributed by atoms with van der Waals surface area (Å²) in [7, 11) is 0. The first kappa shape index (κ1) is 17.2. The smallest absolute Gasteiger partial charge is 0.116 e. The zero-order chi connectivity index (χ0) is 18.0. The molecule has 4 aromatic rings. The molecule has 0 saturated heterocycles. The van der Waals surface area contributed by atoms with Crippen molar-refractivity contribution in [3.8, 4) is 20.9 Å². The number of thiophene rings is 2. The molecule has 130 valence electrons. The Morgan fingerprint density at radius 2 is 1.50 bits per heavy atom. The average molecular weight is 377 g/mol. The summed E-state index contributed by atoms with van der Waals surface area (Å²) in [4.78, 5) is 2.37. The second-order valence-corrected chi connectivity index (χ2v) is 8.16. The zero-order valence-electron chi connectivity index (χ0n) is 14.6. The van der Waals surface area contributed by atoms with E-state index in [0.29, 0.717) is 6.42 Å². The van der Waals surface area contributed by atoms with Crippen molar-refractivity contribution in [2.75, 3.05) is 0 Å². The van der Waals surface area contributed by atoms with E-state index in [1.54, 1.807) is 22.7 Å². The lowest BCUT2D eigenvalue weighted by molar-refractivity contribution is 0.0775. The Hall–Kier alpha value is -2.20. The molecule has 2 heterocycles. The van der Waals surface area contributed by atoms with Crippen LogP contribution in [0.2, 0.25) is 0 Å². The summed E-state index contributed by atoms with van der Waals surface area (Å²) in [6.07, 6.45) is 0.632. The summed E-state index contributed by atoms with van der Waals surface area (Å²) in [6, 6.07) is 24.9. The maximum Gasteiger partial charge on any atom is 0.116 e. The van der Waals surface area contributed by atoms with Gasteiger partial charge in [-0.1, -0.05) is 67.6 Å². The van der Waals surface area contributed by atoms with Crippen molar-refractivity contribution in [2.24, 2.45) is 0 Å². The molecule has 1 N–H and O–H groups in total. The quantitative estimate of drug-likeness (QED) is 0.406. The minimum absolute atomic E-state index is 0.632. The van der Waals surface area contributed by atoms with E-state index in [9.17, 15) is 5.11 Å². The maximum absolute atomic E-state index is 11.6. The second kappa shape index (κ2) is 7.20. The van der Waals surface area contributed by atoms with Crippen LogP contribution in [0.3, 0.4) is 0 Å². The third-order valence-corrected chi connectivity index (χ3v) is 6.80. The third-order valence-electron chi connectivity index (χ3n) is 4.84. The van der Waals surface area contributed by atoms with Crippen LogP contribution in [-0.4, -0.2) is 5.11 Å². The molecule has 2 aromatic heterocycles. The van der Waals surface area contributed by atoms with Gasteiger partial charge in [0.25, 0.3) is 0 Å². The second-order valence-electron chi connectivity index (χ2n) is 6.30. The minimum Gasteiger partial charge on any atom is -0.380 e. The van der Waals surface area contributed by atoms with Gasteiger partial charge < -0.3 is 5.11 Å². The highest BCUT2D eigenvalue weighted by molar-refractivity contribution is 7.20. The van der Waals surface area contributed by atoms with Gasteiger partial charge in [0.15, 0.2) is 0 Å². The van der Waals surface area contributed by atoms with Crippen LogP contribution in [0.4, 0.5) is 0 Å². The predicted octanol–water partition coefficient (Wildman–Crippen LogP) is 6.79. The lowest BCUT2D eigenvalue weighted by Crippen LogP contribution is -2.26. The van der Waals surface area contributed by atoms with Crippen LogP contribution < -0.4 is 0 Å². The topological polar surface area (TPSA) is 20.2 Å². The Labute approximate surface area is 162 Å². The number of benzene rings is 2. The highest BCUT2D eigenvalue weighted by Crippen LogP contribution is 2.43. The molecule has 1 atom stereocenters. The molecule has 1 unspecified atom stereocenters. The molecule has 0 radical (unpaired) electrons. The molecule has 0 bridgehead atoms. The van der Waals surface area contributed by atoms with Crippen molar-refractivity contribution in [3.05, 3.63) is 94.7 Å². The zero-order valence-corrected chi connectivity index (χ0v) is 16.2. The number of hydrogen-bond acceptors (Lipinski definition) is 3. The molecule has 2 aromatic carbocycles. The Balaban J connectivity index is 1.74. The molecule has 0 fully saturated rings. The molecule has 0 amide bonds. The first-order chi connectivity index (χ1) is 12.7. The van der Waals surface area contributed by atoms with Crippen molar-refractivity contribution in [3.63, 3.8) is 0 Å². The van der Waals surface area contributed by atoms with Gasteiger partial charge in [-0.3, -0.25) is 0 Å². The van der Waals surface area contributed by atoms with E-state index < -0.39 is 5.60 Å². The summed E-state index contributed by atoms with van der Waals surface area (Å²) in [5.74, 6) is 0. The molecule has 4 rings (SSSR count). The Morgan fingerprint density at radius 1 is 0.769 bits per heavy atom. The molecular weight excluding hydrogens is 356 g/mol. The van der Waals surface area contributed by atoms with Gasteiger partial charge >= 0.3 is 0 Å². The monoisotopic (exact) mass is 376 g/mol. The number of aliphatic hydroxyl groups is 1. The van der Waals surface area contributed by atoms with Crippen LogP contribution in [0.15, 0.2) is 83.6 Å². The van der Waals surface area contributed by atoms with Crippen LogP contribution in [0, 0.1) is 0 Å². The minimum atomic E-state index is -0.978. The van der Waals surface area contributed by atoms with Gasteiger partial charge in [-0.2, -0.15) is 0 Å². The van der Waals surface area contributed by atoms with Crippen LogP contribution in [0.25, 0.3) is 20.9 Å². The fraction of sp³-hybridized carbons (Fsp3) is 0.130. The fourth-order valence-corrected chi connectivity index (χ4v) is 5.21. The summed E-state index contributed by atoms with van der Waals surface area (Å²) in [5.41, 5.74) is 3.32. The van der Waals surface area contributed by atoms with Crippen LogP contribution in [-0.2, 0) is 5.60 Å². The molecule has 1 nitrogen and oxygen atoms in total. The molecule has 0 aliphatic carbocycles. The lowest BCUT2D eigenvalue weighted by atomic mass is 9.83. The summed E-state index contributed by atoms with van der Waals surface area (Å²) in [6.45, 7) is 2.04. The molecule has 0 aliphatic rings. The van der Waals surface area contributed by atoms with E-state index in [-0.39, 0.29) is 0 Å². The van der Waals surface area contributed by atoms with Crippen molar-refractivity contribution in [2.45, 2.75) is 18.9 Å². The molecule has 0 spiro atoms. The van der Waals surface area contributed by atoms with Crippen molar-refractivity contribution < 1.29 is 5.11 Å². The molecule has 0 saturated carbocycles. The van der Waals surface area contributed by atoms with E-state index in [1.165, 1.54) is 10.4 Å². The van der Waals surface area contributed by atoms with Crippen LogP contribution in [0.5, 0.6) is 0 Å². The first-order valence-corrected chi connectivity index (χ1v) is 10.5. The van der Waals surface area contributed by atoms with Gasteiger partial charge in [0.1, 0.15) is 5.60 Å². The normalized spacial score (nSPS) is 13.5. The molecule has 26 heavy (non-hydrogen) atoms. The van der Waals surface area contributed by atoms with Crippen LogP contribution >= 0.6 is 22.7 Å². The lowest BCUT2D eigenvalue weighted by Gasteiger charge is -2.28. The molecular formula is C23H20OS2. The van der Waals surface area contributed by atoms with Crippen molar-refractivity contribution in [1.82, 2.24) is 0 Å². The number of hydrogen-bond donors (Lipinski definition) is 1. The van der Waals surface area contributed by atoms with Gasteiger partial charge in [-0.25, -0.2) is 0 Å². The van der Waals surface area contributed by atoms with Gasteiger partial charge in [-0.15, -0.1) is 22.7 Å². The highest BCUT2D eigenvalue weighted by atomic mass is 32.1. The Morgan fingerprint density at radius 3 is 2.15 bits per heavy atom.